The number of nitrogens with one attached hydrogen (secondary N) is 1. The van der Waals surface area contributed by atoms with E-state index in [1.165, 1.54) is 0 Å². The molecule has 3 nitrogen and oxygen atoms in total. The molecule has 0 saturated carbocycles. The van der Waals surface area contributed by atoms with E-state index in [4.69, 9.17) is 4.74 Å². The molecule has 18 heavy (non-hydrogen) atoms. The highest BCUT2D eigenvalue weighted by atomic mass is 79.9. The minimum atomic E-state index is -0.147. The van der Waals surface area contributed by atoms with Gasteiger partial charge in [0.1, 0.15) is 0 Å². The fourth-order valence-corrected chi connectivity index (χ4v) is 2.13. The fourth-order valence-electron chi connectivity index (χ4n) is 1.28. The van der Waals surface area contributed by atoms with Gasteiger partial charge in [-0.1, -0.05) is 28.1 Å². The van der Waals surface area contributed by atoms with Gasteiger partial charge in [0, 0.05) is 15.9 Å². The van der Waals surface area contributed by atoms with Gasteiger partial charge in [0.25, 0.3) is 5.91 Å². The smallest absolute Gasteiger partial charge is 0.252 e. The van der Waals surface area contributed by atoms with E-state index in [9.17, 15) is 4.79 Å². The van der Waals surface area contributed by atoms with Gasteiger partial charge in [0.05, 0.1) is 18.8 Å². The lowest BCUT2D eigenvalue weighted by Gasteiger charge is -2.08. The second-order valence-corrected chi connectivity index (χ2v) is 5.32. The van der Waals surface area contributed by atoms with E-state index in [-0.39, 0.29) is 5.91 Å². The van der Waals surface area contributed by atoms with Gasteiger partial charge in [-0.15, -0.1) is 12.6 Å². The molecule has 0 unspecified atom stereocenters. The Morgan fingerprint density at radius 3 is 2.89 bits per heavy atom. The third-order valence-corrected chi connectivity index (χ3v) is 2.95. The van der Waals surface area contributed by atoms with Gasteiger partial charge in [-0.2, -0.15) is 0 Å². The van der Waals surface area contributed by atoms with Crippen LogP contribution in [0.4, 0.5) is 0 Å². The highest BCUT2D eigenvalue weighted by Gasteiger charge is 2.08. The van der Waals surface area contributed by atoms with E-state index >= 15 is 0 Å². The molecule has 0 saturated heterocycles. The first kappa shape index (κ1) is 15.3. The Labute approximate surface area is 121 Å². The van der Waals surface area contributed by atoms with Gasteiger partial charge >= 0.3 is 0 Å². The third-order valence-electron chi connectivity index (χ3n) is 2.08. The third kappa shape index (κ3) is 5.25. The van der Waals surface area contributed by atoms with E-state index in [2.05, 4.69) is 40.5 Å². The molecule has 1 rings (SSSR count). The highest BCUT2D eigenvalue weighted by molar-refractivity contribution is 9.10. The SMILES string of the molecule is C=C(C)COCCNC(=O)c1ccc(Br)cc1S. The minimum Gasteiger partial charge on any atom is -0.375 e. The summed E-state index contributed by atoms with van der Waals surface area (Å²) in [6.45, 7) is 7.08. The van der Waals surface area contributed by atoms with E-state index in [0.29, 0.717) is 30.2 Å². The molecule has 0 atom stereocenters. The van der Waals surface area contributed by atoms with Crippen molar-refractivity contribution in [2.24, 2.45) is 0 Å². The zero-order valence-corrected chi connectivity index (χ0v) is 12.7. The molecular formula is C13H16BrNO2S. The van der Waals surface area contributed by atoms with Crippen molar-refractivity contribution in [3.63, 3.8) is 0 Å². The van der Waals surface area contributed by atoms with E-state index in [0.717, 1.165) is 10.0 Å². The number of carbonyl (C=O) groups excluding carboxylic acids is 1. The number of hydrogen-bond acceptors (Lipinski definition) is 3. The van der Waals surface area contributed by atoms with Crippen molar-refractivity contribution in [1.29, 1.82) is 0 Å². The molecule has 0 heterocycles. The molecule has 0 fully saturated rings. The van der Waals surface area contributed by atoms with Crippen LogP contribution >= 0.6 is 28.6 Å². The molecule has 1 aromatic carbocycles. The molecule has 0 radical (unpaired) electrons. The Morgan fingerprint density at radius 2 is 2.28 bits per heavy atom. The van der Waals surface area contributed by atoms with Crippen molar-refractivity contribution in [1.82, 2.24) is 5.32 Å². The fraction of sp³-hybridized carbons (Fsp3) is 0.308. The highest BCUT2D eigenvalue weighted by Crippen LogP contribution is 2.19. The lowest BCUT2D eigenvalue weighted by atomic mass is 10.2. The first-order chi connectivity index (χ1) is 8.50. The monoisotopic (exact) mass is 329 g/mol. The van der Waals surface area contributed by atoms with Gasteiger partial charge < -0.3 is 10.1 Å². The Bertz CT molecular complexity index is 449. The summed E-state index contributed by atoms with van der Waals surface area (Å²) in [5, 5.41) is 2.78. The second kappa shape index (κ2) is 7.61. The van der Waals surface area contributed by atoms with E-state index < -0.39 is 0 Å². The van der Waals surface area contributed by atoms with E-state index in [1.807, 2.05) is 13.0 Å². The summed E-state index contributed by atoms with van der Waals surface area (Å²) in [4.78, 5) is 12.5. The van der Waals surface area contributed by atoms with Crippen molar-refractivity contribution in [3.05, 3.63) is 40.4 Å². The second-order valence-electron chi connectivity index (χ2n) is 3.93. The summed E-state index contributed by atoms with van der Waals surface area (Å²) in [7, 11) is 0. The van der Waals surface area contributed by atoms with Crippen molar-refractivity contribution in [2.75, 3.05) is 19.8 Å². The van der Waals surface area contributed by atoms with Crippen LogP contribution in [0.25, 0.3) is 0 Å². The maximum Gasteiger partial charge on any atom is 0.252 e. The quantitative estimate of drug-likeness (QED) is 0.478. The normalized spacial score (nSPS) is 10.2. The standard InChI is InChI=1S/C13H16BrNO2S/c1-9(2)8-17-6-5-15-13(16)11-4-3-10(14)7-12(11)18/h3-4,7,18H,1,5-6,8H2,2H3,(H,15,16). The van der Waals surface area contributed by atoms with Gasteiger partial charge in [0.15, 0.2) is 0 Å². The van der Waals surface area contributed by atoms with Crippen molar-refractivity contribution in [2.45, 2.75) is 11.8 Å². The van der Waals surface area contributed by atoms with Gasteiger partial charge in [-0.05, 0) is 25.1 Å². The Kier molecular flexibility index (Phi) is 6.46. The summed E-state index contributed by atoms with van der Waals surface area (Å²) in [6.07, 6.45) is 0. The maximum absolute atomic E-state index is 11.8. The van der Waals surface area contributed by atoms with Crippen LogP contribution in [-0.4, -0.2) is 25.7 Å². The number of ether oxygens (including phenoxy) is 1. The predicted octanol–water partition coefficient (Wildman–Crippen LogP) is 3.06. The molecule has 98 valence electrons. The zero-order valence-electron chi connectivity index (χ0n) is 10.2. The van der Waals surface area contributed by atoms with Crippen LogP contribution < -0.4 is 5.32 Å². The lowest BCUT2D eigenvalue weighted by Crippen LogP contribution is -2.27. The van der Waals surface area contributed by atoms with E-state index in [1.54, 1.807) is 12.1 Å². The molecule has 0 bridgehead atoms. The molecule has 1 amide bonds. The molecule has 0 aliphatic heterocycles. The molecule has 1 N–H and O–H groups in total. The molecule has 1 aromatic rings. The molecular weight excluding hydrogens is 314 g/mol. The van der Waals surface area contributed by atoms with Crippen LogP contribution in [0.1, 0.15) is 17.3 Å². The minimum absolute atomic E-state index is 0.147. The molecule has 5 heteroatoms. The van der Waals surface area contributed by atoms with Gasteiger partial charge in [0.2, 0.25) is 0 Å². The first-order valence-electron chi connectivity index (χ1n) is 5.49. The summed E-state index contributed by atoms with van der Waals surface area (Å²) in [5.74, 6) is -0.147. The summed E-state index contributed by atoms with van der Waals surface area (Å²) in [5.41, 5.74) is 1.52. The molecule has 0 aliphatic carbocycles. The first-order valence-corrected chi connectivity index (χ1v) is 6.73. The van der Waals surface area contributed by atoms with Crippen LogP contribution in [0.2, 0.25) is 0 Å². The summed E-state index contributed by atoms with van der Waals surface area (Å²) >= 11 is 7.59. The summed E-state index contributed by atoms with van der Waals surface area (Å²) < 4.78 is 6.19. The lowest BCUT2D eigenvalue weighted by molar-refractivity contribution is 0.0924. The Balaban J connectivity index is 2.39. The van der Waals surface area contributed by atoms with Crippen molar-refractivity contribution >= 4 is 34.5 Å². The summed E-state index contributed by atoms with van der Waals surface area (Å²) in [6, 6.07) is 5.33. The van der Waals surface area contributed by atoms with Crippen LogP contribution in [0.15, 0.2) is 39.7 Å². The largest absolute Gasteiger partial charge is 0.375 e. The molecule has 0 aromatic heterocycles. The zero-order chi connectivity index (χ0) is 13.5. The average molecular weight is 330 g/mol. The van der Waals surface area contributed by atoms with Crippen LogP contribution in [-0.2, 0) is 4.74 Å². The number of amides is 1. The van der Waals surface area contributed by atoms with Crippen LogP contribution in [0, 0.1) is 0 Å². The van der Waals surface area contributed by atoms with Crippen LogP contribution in [0.3, 0.4) is 0 Å². The van der Waals surface area contributed by atoms with Gasteiger partial charge in [-0.3, -0.25) is 4.79 Å². The maximum atomic E-state index is 11.8. The van der Waals surface area contributed by atoms with Gasteiger partial charge in [-0.25, -0.2) is 0 Å². The van der Waals surface area contributed by atoms with Crippen molar-refractivity contribution in [3.8, 4) is 0 Å². The molecule has 0 aliphatic rings. The number of carbonyl (C=O) groups is 1. The number of rotatable bonds is 6. The van der Waals surface area contributed by atoms with Crippen molar-refractivity contribution < 1.29 is 9.53 Å². The number of benzene rings is 1. The average Bonchev–Trinajstić information content (AvgIpc) is 2.27. The molecule has 0 spiro atoms. The Hall–Kier alpha value is -0.780. The van der Waals surface area contributed by atoms with Crippen LogP contribution in [0.5, 0.6) is 0 Å². The topological polar surface area (TPSA) is 38.3 Å². The number of thiol groups is 1. The predicted molar refractivity (Wildman–Crippen MR) is 79.4 cm³/mol. The Morgan fingerprint density at radius 1 is 1.56 bits per heavy atom. The number of halogens is 1. The number of hydrogen-bond donors (Lipinski definition) is 2.